The van der Waals surface area contributed by atoms with Gasteiger partial charge in [-0.25, -0.2) is 8.42 Å². The van der Waals surface area contributed by atoms with E-state index in [0.29, 0.717) is 18.8 Å². The zero-order valence-corrected chi connectivity index (χ0v) is 17.2. The fourth-order valence-electron chi connectivity index (χ4n) is 3.54. The Hall–Kier alpha value is -2.97. The van der Waals surface area contributed by atoms with Crippen LogP contribution < -0.4 is 5.32 Å². The molecule has 2 aromatic heterocycles. The van der Waals surface area contributed by atoms with E-state index in [1.54, 1.807) is 12.3 Å². The molecule has 1 saturated heterocycles. The molecule has 1 amide bonds. The average molecular weight is 426 g/mol. The standard InChI is InChI=1S/C22H23N3O4S/c26-22(19-12-13-20(29-19)30(27,28)25-15-7-2-8-16-25)24-21(17-9-3-1-4-10-17)18-11-5-6-14-23-18/h1,3-6,9-14,21H,2,7-8,15-16H2,(H,24,26). The maximum absolute atomic E-state index is 12.9. The topological polar surface area (TPSA) is 92.5 Å². The van der Waals surface area contributed by atoms with Crippen molar-refractivity contribution in [3.05, 3.63) is 83.9 Å². The van der Waals surface area contributed by atoms with Gasteiger partial charge in [0.1, 0.15) is 0 Å². The SMILES string of the molecule is O=C(NC(c1ccccc1)c1ccccn1)c1ccc(S(=O)(=O)N2CCCCC2)o1. The molecule has 0 saturated carbocycles. The molecule has 1 fully saturated rings. The van der Waals surface area contributed by atoms with Gasteiger partial charge in [0.15, 0.2) is 5.76 Å². The molecular weight excluding hydrogens is 402 g/mol. The third kappa shape index (κ3) is 4.29. The number of nitrogens with one attached hydrogen (secondary N) is 1. The van der Waals surface area contributed by atoms with Gasteiger partial charge in [0.2, 0.25) is 5.09 Å². The van der Waals surface area contributed by atoms with E-state index in [4.69, 9.17) is 4.42 Å². The maximum atomic E-state index is 12.9. The molecule has 7 nitrogen and oxygen atoms in total. The molecular formula is C22H23N3O4S. The molecule has 1 aromatic carbocycles. The lowest BCUT2D eigenvalue weighted by Crippen LogP contribution is -2.35. The molecule has 0 aliphatic carbocycles. The molecule has 0 spiro atoms. The van der Waals surface area contributed by atoms with Crippen molar-refractivity contribution in [2.24, 2.45) is 0 Å². The predicted molar refractivity (Wildman–Crippen MR) is 111 cm³/mol. The van der Waals surface area contributed by atoms with Gasteiger partial charge in [0.25, 0.3) is 15.9 Å². The third-order valence-electron chi connectivity index (χ3n) is 5.11. The van der Waals surface area contributed by atoms with Crippen LogP contribution in [0.2, 0.25) is 0 Å². The number of benzene rings is 1. The number of furan rings is 1. The van der Waals surface area contributed by atoms with Gasteiger partial charge in [-0.15, -0.1) is 0 Å². The second-order valence-electron chi connectivity index (χ2n) is 7.16. The Balaban J connectivity index is 1.57. The minimum atomic E-state index is -3.73. The first-order valence-electron chi connectivity index (χ1n) is 9.92. The fourth-order valence-corrected chi connectivity index (χ4v) is 4.96. The van der Waals surface area contributed by atoms with Gasteiger partial charge < -0.3 is 9.73 Å². The number of pyridine rings is 1. The summed E-state index contributed by atoms with van der Waals surface area (Å²) in [7, 11) is -3.73. The number of sulfonamides is 1. The van der Waals surface area contributed by atoms with Crippen LogP contribution in [0.25, 0.3) is 0 Å². The minimum Gasteiger partial charge on any atom is -0.438 e. The lowest BCUT2D eigenvalue weighted by atomic mass is 10.0. The van der Waals surface area contributed by atoms with Crippen molar-refractivity contribution in [1.29, 1.82) is 0 Å². The lowest BCUT2D eigenvalue weighted by molar-refractivity contribution is 0.0908. The highest BCUT2D eigenvalue weighted by Gasteiger charge is 2.30. The minimum absolute atomic E-state index is 0.0533. The summed E-state index contributed by atoms with van der Waals surface area (Å²) in [6.45, 7) is 0.945. The molecule has 8 heteroatoms. The smallest absolute Gasteiger partial charge is 0.287 e. The van der Waals surface area contributed by atoms with E-state index < -0.39 is 22.0 Å². The molecule has 1 N–H and O–H groups in total. The van der Waals surface area contributed by atoms with Crippen LogP contribution in [0.4, 0.5) is 0 Å². The normalized spacial score (nSPS) is 16.1. The summed E-state index contributed by atoms with van der Waals surface area (Å²) in [6, 6.07) is 17.2. The van der Waals surface area contributed by atoms with Crippen LogP contribution in [-0.2, 0) is 10.0 Å². The van der Waals surface area contributed by atoms with Crippen molar-refractivity contribution in [2.45, 2.75) is 30.4 Å². The molecule has 1 aliphatic heterocycles. The molecule has 156 valence electrons. The summed E-state index contributed by atoms with van der Waals surface area (Å²) < 4.78 is 32.4. The van der Waals surface area contributed by atoms with Crippen LogP contribution in [0.15, 0.2) is 76.4 Å². The summed E-state index contributed by atoms with van der Waals surface area (Å²) in [5.74, 6) is -0.558. The molecule has 1 aliphatic rings. The van der Waals surface area contributed by atoms with Crippen molar-refractivity contribution in [1.82, 2.24) is 14.6 Å². The number of carbonyl (C=O) groups excluding carboxylic acids is 1. The van der Waals surface area contributed by atoms with E-state index in [1.807, 2.05) is 42.5 Å². The van der Waals surface area contributed by atoms with Gasteiger partial charge in [-0.1, -0.05) is 42.8 Å². The number of hydrogen-bond donors (Lipinski definition) is 1. The molecule has 3 heterocycles. The molecule has 1 atom stereocenters. The Morgan fingerprint density at radius 1 is 0.967 bits per heavy atom. The Labute approximate surface area is 175 Å². The van der Waals surface area contributed by atoms with Crippen molar-refractivity contribution in [3.63, 3.8) is 0 Å². The van der Waals surface area contributed by atoms with Gasteiger partial charge in [-0.05, 0) is 42.7 Å². The van der Waals surface area contributed by atoms with Gasteiger partial charge >= 0.3 is 0 Å². The average Bonchev–Trinajstić information content (AvgIpc) is 3.31. The molecule has 0 radical (unpaired) electrons. The summed E-state index contributed by atoms with van der Waals surface area (Å²) >= 11 is 0. The van der Waals surface area contributed by atoms with Crippen molar-refractivity contribution >= 4 is 15.9 Å². The van der Waals surface area contributed by atoms with Gasteiger partial charge in [-0.3, -0.25) is 9.78 Å². The van der Waals surface area contributed by atoms with E-state index in [2.05, 4.69) is 10.3 Å². The monoisotopic (exact) mass is 425 g/mol. The van der Waals surface area contributed by atoms with E-state index in [0.717, 1.165) is 24.8 Å². The van der Waals surface area contributed by atoms with Crippen molar-refractivity contribution in [3.8, 4) is 0 Å². The fraction of sp³-hybridized carbons (Fsp3) is 0.273. The first-order valence-corrected chi connectivity index (χ1v) is 11.4. The molecule has 3 aromatic rings. The zero-order chi connectivity index (χ0) is 21.0. The third-order valence-corrected chi connectivity index (χ3v) is 6.88. The van der Waals surface area contributed by atoms with Crippen molar-refractivity contribution in [2.75, 3.05) is 13.1 Å². The molecule has 1 unspecified atom stereocenters. The molecule has 0 bridgehead atoms. The van der Waals surface area contributed by atoms with E-state index >= 15 is 0 Å². The van der Waals surface area contributed by atoms with Gasteiger partial charge in [-0.2, -0.15) is 4.31 Å². The van der Waals surface area contributed by atoms with E-state index in [-0.39, 0.29) is 10.9 Å². The van der Waals surface area contributed by atoms with Crippen molar-refractivity contribution < 1.29 is 17.6 Å². The summed E-state index contributed by atoms with van der Waals surface area (Å²) in [5.41, 5.74) is 1.53. The summed E-state index contributed by atoms with van der Waals surface area (Å²) in [6.07, 6.45) is 4.34. The highest BCUT2D eigenvalue weighted by Crippen LogP contribution is 2.24. The Kier molecular flexibility index (Phi) is 5.96. The number of piperidine rings is 1. The number of amides is 1. The van der Waals surface area contributed by atoms with Crippen LogP contribution in [0, 0.1) is 0 Å². The predicted octanol–water partition coefficient (Wildman–Crippen LogP) is 3.37. The Morgan fingerprint density at radius 3 is 2.40 bits per heavy atom. The number of carbonyl (C=O) groups is 1. The second kappa shape index (κ2) is 8.81. The highest BCUT2D eigenvalue weighted by atomic mass is 32.2. The second-order valence-corrected chi connectivity index (χ2v) is 9.02. The lowest BCUT2D eigenvalue weighted by Gasteiger charge is -2.24. The van der Waals surface area contributed by atoms with Crippen LogP contribution >= 0.6 is 0 Å². The first kappa shape index (κ1) is 20.3. The maximum Gasteiger partial charge on any atom is 0.287 e. The van der Waals surface area contributed by atoms with Crippen LogP contribution in [0.1, 0.15) is 47.1 Å². The van der Waals surface area contributed by atoms with Crippen LogP contribution in [0.5, 0.6) is 0 Å². The number of hydrogen-bond acceptors (Lipinski definition) is 5. The molecule has 30 heavy (non-hydrogen) atoms. The number of aromatic nitrogens is 1. The zero-order valence-electron chi connectivity index (χ0n) is 16.4. The Bertz CT molecular complexity index is 1050. The van der Waals surface area contributed by atoms with E-state index in [9.17, 15) is 13.2 Å². The highest BCUT2D eigenvalue weighted by molar-refractivity contribution is 7.89. The van der Waals surface area contributed by atoms with E-state index in [1.165, 1.54) is 16.4 Å². The quantitative estimate of drug-likeness (QED) is 0.654. The largest absolute Gasteiger partial charge is 0.438 e. The van der Waals surface area contributed by atoms with Gasteiger partial charge in [0, 0.05) is 19.3 Å². The summed E-state index contributed by atoms with van der Waals surface area (Å²) in [4.78, 5) is 17.2. The van der Waals surface area contributed by atoms with Crippen LogP contribution in [0.3, 0.4) is 0 Å². The number of rotatable bonds is 6. The number of nitrogens with zero attached hydrogens (tertiary/aromatic N) is 2. The first-order chi connectivity index (χ1) is 14.6. The molecule has 4 rings (SSSR count). The van der Waals surface area contributed by atoms with Gasteiger partial charge in [0.05, 0.1) is 11.7 Å². The summed E-state index contributed by atoms with van der Waals surface area (Å²) in [5, 5.41) is 2.70. The van der Waals surface area contributed by atoms with Crippen LogP contribution in [-0.4, -0.2) is 36.7 Å². The Morgan fingerprint density at radius 2 is 1.70 bits per heavy atom.